The van der Waals surface area contributed by atoms with Crippen molar-refractivity contribution in [2.75, 3.05) is 17.7 Å². The number of H-pyrrole nitrogens is 1. The van der Waals surface area contributed by atoms with Crippen LogP contribution in [0.5, 0.6) is 5.75 Å². The molecule has 10 heteroatoms. The molecule has 31 heavy (non-hydrogen) atoms. The number of hydrogen-bond acceptors (Lipinski definition) is 6. The number of carboxylic acids is 1. The van der Waals surface area contributed by atoms with Crippen molar-refractivity contribution >= 4 is 50.8 Å². The van der Waals surface area contributed by atoms with Crippen molar-refractivity contribution < 1.29 is 24.2 Å². The zero-order valence-corrected chi connectivity index (χ0v) is 16.9. The maximum Gasteiger partial charge on any atom is 0.345 e. The Morgan fingerprint density at radius 2 is 1.68 bits per heavy atom. The van der Waals surface area contributed by atoms with Crippen LogP contribution in [-0.4, -0.2) is 40.2 Å². The van der Waals surface area contributed by atoms with E-state index in [0.29, 0.717) is 27.2 Å². The molecule has 2 aromatic carbocycles. The van der Waals surface area contributed by atoms with Crippen LogP contribution in [0.4, 0.5) is 11.5 Å². The van der Waals surface area contributed by atoms with Gasteiger partial charge in [-0.2, -0.15) is 5.10 Å². The van der Waals surface area contributed by atoms with Gasteiger partial charge < -0.3 is 20.5 Å². The monoisotopic (exact) mass is 436 g/mol. The van der Waals surface area contributed by atoms with Crippen LogP contribution in [0.15, 0.2) is 54.6 Å². The molecule has 4 rings (SSSR count). The Labute approximate surface area is 179 Å². The summed E-state index contributed by atoms with van der Waals surface area (Å²) in [4.78, 5) is 37.4. The molecule has 9 nitrogen and oxygen atoms in total. The highest BCUT2D eigenvalue weighted by atomic mass is 32.1. The Hall–Kier alpha value is -4.18. The number of carbonyl (C=O) groups excluding carboxylic acids is 2. The standard InChI is InChI=1S/C21H16N4O5S/c1-30-15-9-5-3-7-12(15)19(27)22-14-8-4-2-6-11(14)18(26)23-17-13-10-16(21(28)29)31-20(13)25-24-17/h2-10H,1H3,(H,22,27)(H,28,29)(H2,23,24,25,26). The largest absolute Gasteiger partial charge is 0.496 e. The van der Waals surface area contributed by atoms with Gasteiger partial charge in [0.25, 0.3) is 11.8 Å². The van der Waals surface area contributed by atoms with Crippen molar-refractivity contribution in [1.82, 2.24) is 10.2 Å². The fourth-order valence-electron chi connectivity index (χ4n) is 3.00. The summed E-state index contributed by atoms with van der Waals surface area (Å²) in [6.07, 6.45) is 0. The summed E-state index contributed by atoms with van der Waals surface area (Å²) in [7, 11) is 1.47. The van der Waals surface area contributed by atoms with Gasteiger partial charge in [-0.1, -0.05) is 24.3 Å². The van der Waals surface area contributed by atoms with Crippen molar-refractivity contribution in [2.24, 2.45) is 0 Å². The molecule has 0 aliphatic heterocycles. The van der Waals surface area contributed by atoms with E-state index >= 15 is 0 Å². The minimum absolute atomic E-state index is 0.117. The summed E-state index contributed by atoms with van der Waals surface area (Å²) < 4.78 is 5.22. The topological polar surface area (TPSA) is 133 Å². The third-order valence-corrected chi connectivity index (χ3v) is 5.49. The zero-order chi connectivity index (χ0) is 22.0. The van der Waals surface area contributed by atoms with E-state index in [1.165, 1.54) is 13.2 Å². The molecule has 2 aromatic heterocycles. The van der Waals surface area contributed by atoms with Gasteiger partial charge in [-0.25, -0.2) is 4.79 Å². The molecule has 0 saturated heterocycles. The number of ether oxygens (including phenoxy) is 1. The van der Waals surface area contributed by atoms with Crippen molar-refractivity contribution in [1.29, 1.82) is 0 Å². The van der Waals surface area contributed by atoms with Crippen LogP contribution in [-0.2, 0) is 0 Å². The highest BCUT2D eigenvalue weighted by molar-refractivity contribution is 7.20. The number of anilines is 2. The average molecular weight is 436 g/mol. The zero-order valence-electron chi connectivity index (χ0n) is 16.1. The number of para-hydroxylation sites is 2. The van der Waals surface area contributed by atoms with Crippen molar-refractivity contribution in [3.63, 3.8) is 0 Å². The quantitative estimate of drug-likeness (QED) is 0.363. The van der Waals surface area contributed by atoms with E-state index in [9.17, 15) is 14.4 Å². The predicted molar refractivity (Wildman–Crippen MR) is 116 cm³/mol. The minimum atomic E-state index is -1.07. The van der Waals surface area contributed by atoms with E-state index in [1.54, 1.807) is 48.5 Å². The summed E-state index contributed by atoms with van der Waals surface area (Å²) >= 11 is 1.000. The fraction of sp³-hybridized carbons (Fsp3) is 0.0476. The Bertz CT molecular complexity index is 1310. The molecule has 0 unspecified atom stereocenters. The molecule has 0 atom stereocenters. The van der Waals surface area contributed by atoms with E-state index in [0.717, 1.165) is 11.3 Å². The number of rotatable bonds is 6. The number of amides is 2. The second kappa shape index (κ2) is 8.28. The minimum Gasteiger partial charge on any atom is -0.496 e. The van der Waals surface area contributed by atoms with E-state index in [2.05, 4.69) is 20.8 Å². The average Bonchev–Trinajstić information content (AvgIpc) is 3.36. The smallest absolute Gasteiger partial charge is 0.345 e. The number of nitrogens with one attached hydrogen (secondary N) is 3. The first-order chi connectivity index (χ1) is 15.0. The van der Waals surface area contributed by atoms with Crippen LogP contribution in [0.25, 0.3) is 10.2 Å². The number of nitrogens with zero attached hydrogens (tertiary/aromatic N) is 1. The highest BCUT2D eigenvalue weighted by Crippen LogP contribution is 2.30. The molecular weight excluding hydrogens is 420 g/mol. The summed E-state index contributed by atoms with van der Waals surface area (Å²) in [6.45, 7) is 0. The van der Waals surface area contributed by atoms with Gasteiger partial charge in [0.1, 0.15) is 21.3 Å². The Balaban J connectivity index is 1.59. The maximum absolute atomic E-state index is 12.9. The molecule has 4 aromatic rings. The number of aromatic nitrogens is 2. The number of methoxy groups -OCH3 is 1. The van der Waals surface area contributed by atoms with Gasteiger partial charge >= 0.3 is 5.97 Å². The van der Waals surface area contributed by atoms with E-state index < -0.39 is 17.8 Å². The lowest BCUT2D eigenvalue weighted by molar-refractivity contribution is 0.0701. The number of fused-ring (bicyclic) bond motifs is 1. The maximum atomic E-state index is 12.9. The molecule has 0 aliphatic rings. The van der Waals surface area contributed by atoms with Crippen LogP contribution in [0.3, 0.4) is 0 Å². The lowest BCUT2D eigenvalue weighted by atomic mass is 10.1. The number of carbonyl (C=O) groups is 3. The van der Waals surface area contributed by atoms with Crippen LogP contribution < -0.4 is 15.4 Å². The molecule has 0 bridgehead atoms. The molecular formula is C21H16N4O5S. The number of carboxylic acid groups (broad SMARTS) is 1. The first-order valence-corrected chi connectivity index (χ1v) is 9.85. The van der Waals surface area contributed by atoms with Crippen LogP contribution in [0.2, 0.25) is 0 Å². The van der Waals surface area contributed by atoms with Gasteiger partial charge in [0.15, 0.2) is 0 Å². The number of benzene rings is 2. The van der Waals surface area contributed by atoms with E-state index in [-0.39, 0.29) is 16.3 Å². The second-order valence-corrected chi connectivity index (χ2v) is 7.42. The molecule has 4 N–H and O–H groups in total. The molecule has 2 heterocycles. The normalized spacial score (nSPS) is 10.6. The molecule has 0 aliphatic carbocycles. The van der Waals surface area contributed by atoms with Crippen LogP contribution in [0, 0.1) is 0 Å². The van der Waals surface area contributed by atoms with Gasteiger partial charge in [0.2, 0.25) is 0 Å². The van der Waals surface area contributed by atoms with Gasteiger partial charge in [-0.15, -0.1) is 11.3 Å². The third-order valence-electron chi connectivity index (χ3n) is 4.47. The number of thiophene rings is 1. The van der Waals surface area contributed by atoms with Crippen LogP contribution in [0.1, 0.15) is 30.4 Å². The second-order valence-electron chi connectivity index (χ2n) is 6.39. The molecule has 156 valence electrons. The van der Waals surface area contributed by atoms with E-state index in [4.69, 9.17) is 9.84 Å². The van der Waals surface area contributed by atoms with Gasteiger partial charge in [0, 0.05) is 0 Å². The molecule has 0 fully saturated rings. The first kappa shape index (κ1) is 20.1. The lowest BCUT2D eigenvalue weighted by Crippen LogP contribution is -2.19. The van der Waals surface area contributed by atoms with Crippen molar-refractivity contribution in [3.8, 4) is 5.75 Å². The van der Waals surface area contributed by atoms with Crippen LogP contribution >= 0.6 is 11.3 Å². The van der Waals surface area contributed by atoms with Gasteiger partial charge in [-0.05, 0) is 30.3 Å². The Morgan fingerprint density at radius 3 is 2.42 bits per heavy atom. The molecule has 2 amide bonds. The molecule has 0 spiro atoms. The first-order valence-electron chi connectivity index (χ1n) is 9.04. The summed E-state index contributed by atoms with van der Waals surface area (Å²) in [5.41, 5.74) is 0.861. The SMILES string of the molecule is COc1ccccc1C(=O)Nc1ccccc1C(=O)Nc1[nH]nc2sc(C(=O)O)cc12. The summed E-state index contributed by atoms with van der Waals surface area (Å²) in [5.74, 6) is -1.30. The highest BCUT2D eigenvalue weighted by Gasteiger charge is 2.19. The fourth-order valence-corrected chi connectivity index (χ4v) is 3.84. The number of hydrogen-bond donors (Lipinski definition) is 4. The Morgan fingerprint density at radius 1 is 1.00 bits per heavy atom. The Kier molecular flexibility index (Phi) is 5.37. The summed E-state index contributed by atoms with van der Waals surface area (Å²) in [6, 6.07) is 14.7. The summed E-state index contributed by atoms with van der Waals surface area (Å²) in [5, 5.41) is 21.8. The van der Waals surface area contributed by atoms with Gasteiger partial charge in [-0.3, -0.25) is 14.7 Å². The van der Waals surface area contributed by atoms with Gasteiger partial charge in [0.05, 0.1) is 29.3 Å². The number of aromatic carboxylic acids is 1. The number of aromatic amines is 1. The predicted octanol–water partition coefficient (Wildman–Crippen LogP) is 3.84. The van der Waals surface area contributed by atoms with E-state index in [1.807, 2.05) is 0 Å². The third kappa shape index (κ3) is 3.96. The molecule has 0 radical (unpaired) electrons. The lowest BCUT2D eigenvalue weighted by Gasteiger charge is -2.12. The van der Waals surface area contributed by atoms with Crippen molar-refractivity contribution in [3.05, 3.63) is 70.6 Å². The molecule has 0 saturated carbocycles. The van der Waals surface area contributed by atoms with Crippen molar-refractivity contribution in [2.45, 2.75) is 0 Å².